The maximum Gasteiger partial charge on any atom is 0.313 e. The van der Waals surface area contributed by atoms with Gasteiger partial charge in [-0.15, -0.1) is 11.3 Å². The Balaban J connectivity index is 2.10. The van der Waals surface area contributed by atoms with Crippen LogP contribution in [0.3, 0.4) is 0 Å². The lowest BCUT2D eigenvalue weighted by atomic mass is 10.2. The van der Waals surface area contributed by atoms with Crippen LogP contribution in [0.15, 0.2) is 21.4 Å². The summed E-state index contributed by atoms with van der Waals surface area (Å²) in [5.74, 6) is -0.475. The molecule has 0 radical (unpaired) electrons. The average molecular weight is 310 g/mol. The summed E-state index contributed by atoms with van der Waals surface area (Å²) in [5, 5.41) is 11.8. The standard InChI is InChI=1S/C13H14N2O3S2/c1-7(8-2-3-8)15-12(18)9-4-5-19-11(9)14-13(15)20-6-10(16)17/h4-5,7-8H,2-3,6H2,1H3,(H,16,17). The molecule has 1 fully saturated rings. The summed E-state index contributed by atoms with van der Waals surface area (Å²) in [6, 6.07) is 1.87. The third-order valence-corrected chi connectivity index (χ3v) is 5.28. The Labute approximate surface area is 123 Å². The van der Waals surface area contributed by atoms with Gasteiger partial charge in [0, 0.05) is 6.04 Å². The van der Waals surface area contributed by atoms with Crippen LogP contribution in [-0.2, 0) is 4.79 Å². The van der Waals surface area contributed by atoms with E-state index in [4.69, 9.17) is 5.11 Å². The largest absolute Gasteiger partial charge is 0.481 e. The predicted octanol–water partition coefficient (Wildman–Crippen LogP) is 2.61. The highest BCUT2D eigenvalue weighted by molar-refractivity contribution is 7.99. The van der Waals surface area contributed by atoms with E-state index in [-0.39, 0.29) is 17.4 Å². The number of carbonyl (C=O) groups is 1. The fourth-order valence-corrected chi connectivity index (χ4v) is 3.89. The highest BCUT2D eigenvalue weighted by atomic mass is 32.2. The van der Waals surface area contributed by atoms with Gasteiger partial charge in [0.2, 0.25) is 0 Å². The Bertz CT molecular complexity index is 718. The summed E-state index contributed by atoms with van der Waals surface area (Å²) in [4.78, 5) is 28.5. The number of rotatable bonds is 5. The summed E-state index contributed by atoms with van der Waals surface area (Å²) in [7, 11) is 0. The molecule has 2 heterocycles. The van der Waals surface area contributed by atoms with Crippen molar-refractivity contribution in [2.45, 2.75) is 31.0 Å². The first-order valence-electron chi connectivity index (χ1n) is 6.42. The van der Waals surface area contributed by atoms with Gasteiger partial charge in [-0.1, -0.05) is 11.8 Å². The fraction of sp³-hybridized carbons (Fsp3) is 0.462. The van der Waals surface area contributed by atoms with Gasteiger partial charge in [0.05, 0.1) is 11.1 Å². The molecule has 5 nitrogen and oxygen atoms in total. The van der Waals surface area contributed by atoms with Crippen LogP contribution in [0.5, 0.6) is 0 Å². The molecule has 0 bridgehead atoms. The first-order chi connectivity index (χ1) is 9.58. The van der Waals surface area contributed by atoms with Crippen LogP contribution < -0.4 is 5.56 Å². The minimum atomic E-state index is -0.902. The van der Waals surface area contributed by atoms with E-state index < -0.39 is 5.97 Å². The molecule has 1 N–H and O–H groups in total. The zero-order valence-corrected chi connectivity index (χ0v) is 12.5. The van der Waals surface area contributed by atoms with E-state index in [2.05, 4.69) is 4.98 Å². The minimum absolute atomic E-state index is 0.0523. The van der Waals surface area contributed by atoms with Crippen LogP contribution in [0.4, 0.5) is 0 Å². The minimum Gasteiger partial charge on any atom is -0.481 e. The second kappa shape index (κ2) is 5.21. The molecule has 0 spiro atoms. The monoisotopic (exact) mass is 310 g/mol. The molecule has 0 amide bonds. The Hall–Kier alpha value is -1.34. The van der Waals surface area contributed by atoms with E-state index in [9.17, 15) is 9.59 Å². The molecule has 3 rings (SSSR count). The number of hydrogen-bond acceptors (Lipinski definition) is 5. The van der Waals surface area contributed by atoms with Gasteiger partial charge in [-0.05, 0) is 37.1 Å². The summed E-state index contributed by atoms with van der Waals surface area (Å²) >= 11 is 2.53. The van der Waals surface area contributed by atoms with Crippen LogP contribution in [-0.4, -0.2) is 26.4 Å². The average Bonchev–Trinajstić information content (AvgIpc) is 3.14. The van der Waals surface area contributed by atoms with Gasteiger partial charge in [0.25, 0.3) is 5.56 Å². The normalized spacial score (nSPS) is 16.4. The number of thioether (sulfide) groups is 1. The smallest absolute Gasteiger partial charge is 0.313 e. The zero-order valence-electron chi connectivity index (χ0n) is 10.9. The van der Waals surface area contributed by atoms with Crippen molar-refractivity contribution in [1.82, 2.24) is 9.55 Å². The molecule has 0 aromatic carbocycles. The molecule has 1 aliphatic carbocycles. The van der Waals surface area contributed by atoms with Gasteiger partial charge in [-0.25, -0.2) is 4.98 Å². The van der Waals surface area contributed by atoms with E-state index >= 15 is 0 Å². The summed E-state index contributed by atoms with van der Waals surface area (Å²) in [6.45, 7) is 2.02. The van der Waals surface area contributed by atoms with E-state index in [0.717, 1.165) is 24.6 Å². The van der Waals surface area contributed by atoms with Gasteiger partial charge >= 0.3 is 5.97 Å². The first-order valence-corrected chi connectivity index (χ1v) is 8.29. The quantitative estimate of drug-likeness (QED) is 0.679. The van der Waals surface area contributed by atoms with Crippen LogP contribution in [0, 0.1) is 5.92 Å². The highest BCUT2D eigenvalue weighted by Gasteiger charge is 2.31. The van der Waals surface area contributed by atoms with Crippen molar-refractivity contribution in [1.29, 1.82) is 0 Å². The van der Waals surface area contributed by atoms with Gasteiger partial charge < -0.3 is 5.11 Å². The lowest BCUT2D eigenvalue weighted by molar-refractivity contribution is -0.133. The van der Waals surface area contributed by atoms with Crippen LogP contribution in [0.25, 0.3) is 10.2 Å². The van der Waals surface area contributed by atoms with E-state index in [1.807, 2.05) is 12.3 Å². The van der Waals surface area contributed by atoms with Crippen molar-refractivity contribution < 1.29 is 9.90 Å². The van der Waals surface area contributed by atoms with Crippen molar-refractivity contribution in [3.05, 3.63) is 21.8 Å². The highest BCUT2D eigenvalue weighted by Crippen LogP contribution is 2.40. The lowest BCUT2D eigenvalue weighted by Gasteiger charge is -2.17. The van der Waals surface area contributed by atoms with Gasteiger partial charge in [0.1, 0.15) is 4.83 Å². The molecule has 1 atom stereocenters. The second-order valence-corrected chi connectivity index (χ2v) is 6.81. The Morgan fingerprint density at radius 3 is 3.05 bits per heavy atom. The lowest BCUT2D eigenvalue weighted by Crippen LogP contribution is -2.27. The van der Waals surface area contributed by atoms with Crippen molar-refractivity contribution in [2.24, 2.45) is 5.92 Å². The predicted molar refractivity (Wildman–Crippen MR) is 79.7 cm³/mol. The molecule has 0 aliphatic heterocycles. The van der Waals surface area contributed by atoms with E-state index in [0.29, 0.717) is 21.3 Å². The number of thiophene rings is 1. The van der Waals surface area contributed by atoms with Crippen molar-refractivity contribution >= 4 is 39.3 Å². The van der Waals surface area contributed by atoms with Gasteiger partial charge in [0.15, 0.2) is 5.16 Å². The van der Waals surface area contributed by atoms with Crippen LogP contribution in [0.2, 0.25) is 0 Å². The third kappa shape index (κ3) is 2.47. The van der Waals surface area contributed by atoms with E-state index in [1.165, 1.54) is 11.3 Å². The maximum absolute atomic E-state index is 12.6. The van der Waals surface area contributed by atoms with Crippen LogP contribution in [0.1, 0.15) is 25.8 Å². The Morgan fingerprint density at radius 2 is 2.40 bits per heavy atom. The molecule has 1 unspecified atom stereocenters. The van der Waals surface area contributed by atoms with Crippen LogP contribution >= 0.6 is 23.1 Å². The molecule has 2 aromatic rings. The number of nitrogens with zero attached hydrogens (tertiary/aromatic N) is 2. The summed E-state index contributed by atoms with van der Waals surface area (Å²) in [5.41, 5.74) is -0.0523. The molecule has 2 aromatic heterocycles. The number of fused-ring (bicyclic) bond motifs is 1. The maximum atomic E-state index is 12.6. The number of aromatic nitrogens is 2. The second-order valence-electron chi connectivity index (χ2n) is 4.97. The number of aliphatic carboxylic acids is 1. The number of carboxylic acid groups (broad SMARTS) is 1. The molecule has 20 heavy (non-hydrogen) atoms. The summed E-state index contributed by atoms with van der Waals surface area (Å²) in [6.07, 6.45) is 2.25. The fourth-order valence-electron chi connectivity index (χ4n) is 2.28. The molecule has 1 aliphatic rings. The zero-order chi connectivity index (χ0) is 14.3. The molecule has 106 valence electrons. The van der Waals surface area contributed by atoms with Crippen molar-refractivity contribution in [3.8, 4) is 0 Å². The molecule has 1 saturated carbocycles. The Kier molecular flexibility index (Phi) is 3.55. The topological polar surface area (TPSA) is 72.2 Å². The SMILES string of the molecule is CC(C1CC1)n1c(SCC(=O)O)nc2sccc2c1=O. The summed E-state index contributed by atoms with van der Waals surface area (Å²) < 4.78 is 1.68. The van der Waals surface area contributed by atoms with Gasteiger partial charge in [-0.2, -0.15) is 0 Å². The van der Waals surface area contributed by atoms with E-state index in [1.54, 1.807) is 10.6 Å². The first kappa shape index (κ1) is 13.6. The molecule has 7 heteroatoms. The Morgan fingerprint density at radius 1 is 1.65 bits per heavy atom. The number of carboxylic acids is 1. The van der Waals surface area contributed by atoms with Gasteiger partial charge in [-0.3, -0.25) is 14.2 Å². The molecular formula is C13H14N2O3S2. The van der Waals surface area contributed by atoms with Crippen molar-refractivity contribution in [2.75, 3.05) is 5.75 Å². The molecule has 0 saturated heterocycles. The number of hydrogen-bond donors (Lipinski definition) is 1. The van der Waals surface area contributed by atoms with Crippen molar-refractivity contribution in [3.63, 3.8) is 0 Å². The molecular weight excluding hydrogens is 296 g/mol. The third-order valence-electron chi connectivity index (χ3n) is 3.53.